The maximum Gasteiger partial charge on any atom is 0.213 e. The van der Waals surface area contributed by atoms with Crippen LogP contribution in [0.2, 0.25) is 10.0 Å². The van der Waals surface area contributed by atoms with E-state index in [2.05, 4.69) is 10.0 Å². The molecule has 1 aromatic rings. The molecule has 0 radical (unpaired) electrons. The average Bonchev–Trinajstić information content (AvgIpc) is 2.25. The van der Waals surface area contributed by atoms with E-state index in [1.54, 1.807) is 13.0 Å². The third-order valence-corrected chi connectivity index (χ3v) is 4.34. The topological polar surface area (TPSA) is 84.2 Å². The van der Waals surface area contributed by atoms with Gasteiger partial charge in [-0.25, -0.2) is 13.1 Å². The van der Waals surface area contributed by atoms with E-state index in [4.69, 9.17) is 28.9 Å². The van der Waals surface area contributed by atoms with Gasteiger partial charge in [0.1, 0.15) is 0 Å². The molecule has 0 aliphatic rings. The van der Waals surface area contributed by atoms with Crippen LogP contribution in [0.25, 0.3) is 0 Å². The fourth-order valence-electron chi connectivity index (χ4n) is 1.33. The molecule has 0 saturated carbocycles. The highest BCUT2D eigenvalue weighted by atomic mass is 35.5. The molecule has 4 N–H and O–H groups in total. The Bertz CT molecular complexity index is 520. The van der Waals surface area contributed by atoms with Crippen molar-refractivity contribution in [1.82, 2.24) is 4.72 Å². The third-order valence-electron chi connectivity index (χ3n) is 2.14. The molecule has 0 bridgehead atoms. The first-order valence-corrected chi connectivity index (χ1v) is 7.72. The lowest BCUT2D eigenvalue weighted by molar-refractivity contribution is 0.584. The highest BCUT2D eigenvalue weighted by molar-refractivity contribution is 7.89. The van der Waals surface area contributed by atoms with Crippen molar-refractivity contribution in [3.8, 4) is 0 Å². The summed E-state index contributed by atoms with van der Waals surface area (Å²) in [5.41, 5.74) is 6.72. The SMILES string of the molecule is CCNS(=O)(=O)CCNc1cc(Cl)c(Cl)cc1N. The first-order valence-electron chi connectivity index (χ1n) is 5.31. The van der Waals surface area contributed by atoms with Gasteiger partial charge in [-0.2, -0.15) is 0 Å². The van der Waals surface area contributed by atoms with Crippen molar-refractivity contribution in [2.45, 2.75) is 6.92 Å². The van der Waals surface area contributed by atoms with Crippen molar-refractivity contribution in [2.75, 3.05) is 29.9 Å². The van der Waals surface area contributed by atoms with Gasteiger partial charge in [-0.1, -0.05) is 30.1 Å². The fraction of sp³-hybridized carbons (Fsp3) is 0.400. The summed E-state index contributed by atoms with van der Waals surface area (Å²) in [7, 11) is -3.25. The maximum atomic E-state index is 11.4. The summed E-state index contributed by atoms with van der Waals surface area (Å²) in [6, 6.07) is 3.09. The first-order chi connectivity index (χ1) is 8.35. The van der Waals surface area contributed by atoms with Crippen molar-refractivity contribution in [1.29, 1.82) is 0 Å². The molecule has 1 rings (SSSR count). The van der Waals surface area contributed by atoms with Gasteiger partial charge < -0.3 is 11.1 Å². The van der Waals surface area contributed by atoms with E-state index in [9.17, 15) is 8.42 Å². The molecular weight excluding hydrogens is 297 g/mol. The molecular formula is C10H15Cl2N3O2S. The van der Waals surface area contributed by atoms with E-state index in [0.717, 1.165) is 0 Å². The molecule has 0 aliphatic carbocycles. The summed E-state index contributed by atoms with van der Waals surface area (Å²) in [4.78, 5) is 0. The molecule has 0 spiro atoms. The zero-order chi connectivity index (χ0) is 13.8. The molecule has 8 heteroatoms. The Labute approximate surface area is 117 Å². The largest absolute Gasteiger partial charge is 0.397 e. The minimum Gasteiger partial charge on any atom is -0.397 e. The third kappa shape index (κ3) is 4.53. The zero-order valence-electron chi connectivity index (χ0n) is 9.83. The molecule has 0 fully saturated rings. The number of halogens is 2. The second-order valence-electron chi connectivity index (χ2n) is 3.60. The number of nitrogens with two attached hydrogens (primary N) is 1. The minimum atomic E-state index is -3.25. The lowest BCUT2D eigenvalue weighted by Crippen LogP contribution is -2.29. The number of anilines is 2. The molecule has 0 saturated heterocycles. The monoisotopic (exact) mass is 311 g/mol. The van der Waals surface area contributed by atoms with Crippen LogP contribution in [0.3, 0.4) is 0 Å². The molecule has 18 heavy (non-hydrogen) atoms. The Balaban J connectivity index is 2.62. The molecule has 0 aromatic heterocycles. The van der Waals surface area contributed by atoms with Crippen molar-refractivity contribution in [3.05, 3.63) is 22.2 Å². The summed E-state index contributed by atoms with van der Waals surface area (Å²) in [6.45, 7) is 2.33. The normalized spacial score (nSPS) is 11.5. The van der Waals surface area contributed by atoms with Crippen molar-refractivity contribution in [3.63, 3.8) is 0 Å². The van der Waals surface area contributed by atoms with Gasteiger partial charge in [0.05, 0.1) is 27.2 Å². The van der Waals surface area contributed by atoms with Gasteiger partial charge >= 0.3 is 0 Å². The molecule has 0 unspecified atom stereocenters. The quantitative estimate of drug-likeness (QED) is 0.701. The minimum absolute atomic E-state index is 0.0411. The first kappa shape index (κ1) is 15.4. The van der Waals surface area contributed by atoms with Gasteiger partial charge in [0.2, 0.25) is 10.0 Å². The van der Waals surface area contributed by atoms with E-state index in [1.165, 1.54) is 6.07 Å². The van der Waals surface area contributed by atoms with E-state index in [-0.39, 0.29) is 12.3 Å². The summed E-state index contributed by atoms with van der Waals surface area (Å²) in [5, 5.41) is 3.63. The Hall–Kier alpha value is -0.690. The van der Waals surface area contributed by atoms with E-state index in [0.29, 0.717) is 28.0 Å². The van der Waals surface area contributed by atoms with Crippen molar-refractivity contribution < 1.29 is 8.42 Å². The standard InChI is InChI=1S/C10H15Cl2N3O2S/c1-2-15-18(16,17)4-3-14-10-6-8(12)7(11)5-9(10)13/h5-6,14-15H,2-4,13H2,1H3. The van der Waals surface area contributed by atoms with Crippen LogP contribution in [0.5, 0.6) is 0 Å². The van der Waals surface area contributed by atoms with Crippen LogP contribution in [0.1, 0.15) is 6.92 Å². The van der Waals surface area contributed by atoms with Crippen LogP contribution in [-0.2, 0) is 10.0 Å². The average molecular weight is 312 g/mol. The molecule has 0 aliphatic heterocycles. The van der Waals surface area contributed by atoms with Crippen LogP contribution in [0, 0.1) is 0 Å². The number of nitrogens with one attached hydrogen (secondary N) is 2. The number of hydrogen-bond acceptors (Lipinski definition) is 4. The van der Waals surface area contributed by atoms with Gasteiger partial charge in [-0.05, 0) is 12.1 Å². The van der Waals surface area contributed by atoms with Crippen LogP contribution < -0.4 is 15.8 Å². The number of benzene rings is 1. The number of sulfonamides is 1. The highest BCUT2D eigenvalue weighted by Gasteiger charge is 2.09. The lowest BCUT2D eigenvalue weighted by Gasteiger charge is -2.11. The van der Waals surface area contributed by atoms with Gasteiger partial charge in [0.15, 0.2) is 0 Å². The summed E-state index contributed by atoms with van der Waals surface area (Å²) >= 11 is 11.6. The lowest BCUT2D eigenvalue weighted by atomic mass is 10.2. The molecule has 0 heterocycles. The number of hydrogen-bond donors (Lipinski definition) is 3. The van der Waals surface area contributed by atoms with Crippen LogP contribution in [0.4, 0.5) is 11.4 Å². The zero-order valence-corrected chi connectivity index (χ0v) is 12.2. The van der Waals surface area contributed by atoms with Crippen molar-refractivity contribution >= 4 is 44.6 Å². The predicted octanol–water partition coefficient (Wildman–Crippen LogP) is 1.93. The number of nitrogen functional groups attached to an aromatic ring is 1. The van der Waals surface area contributed by atoms with Gasteiger partial charge in [0.25, 0.3) is 0 Å². The number of rotatable bonds is 6. The predicted molar refractivity (Wildman–Crippen MR) is 76.8 cm³/mol. The van der Waals surface area contributed by atoms with Crippen LogP contribution in [-0.4, -0.2) is 27.3 Å². The second kappa shape index (κ2) is 6.47. The Kier molecular flexibility index (Phi) is 5.52. The van der Waals surface area contributed by atoms with Gasteiger partial charge in [0, 0.05) is 13.1 Å². The molecule has 102 valence electrons. The smallest absolute Gasteiger partial charge is 0.213 e. The Morgan fingerprint density at radius 2 is 1.89 bits per heavy atom. The maximum absolute atomic E-state index is 11.4. The summed E-state index contributed by atoms with van der Waals surface area (Å²) in [5.74, 6) is -0.0411. The highest BCUT2D eigenvalue weighted by Crippen LogP contribution is 2.30. The van der Waals surface area contributed by atoms with Gasteiger partial charge in [-0.15, -0.1) is 0 Å². The molecule has 1 aromatic carbocycles. The second-order valence-corrected chi connectivity index (χ2v) is 6.34. The molecule has 0 atom stereocenters. The molecule has 0 amide bonds. The summed E-state index contributed by atoms with van der Waals surface area (Å²) < 4.78 is 25.2. The van der Waals surface area contributed by atoms with Crippen LogP contribution in [0.15, 0.2) is 12.1 Å². The van der Waals surface area contributed by atoms with E-state index in [1.807, 2.05) is 0 Å². The van der Waals surface area contributed by atoms with Crippen LogP contribution >= 0.6 is 23.2 Å². The Morgan fingerprint density at radius 1 is 1.28 bits per heavy atom. The summed E-state index contributed by atoms with van der Waals surface area (Å²) in [6.07, 6.45) is 0. The van der Waals surface area contributed by atoms with E-state index < -0.39 is 10.0 Å². The fourth-order valence-corrected chi connectivity index (χ4v) is 2.62. The molecule has 5 nitrogen and oxygen atoms in total. The van der Waals surface area contributed by atoms with E-state index >= 15 is 0 Å². The van der Waals surface area contributed by atoms with Crippen molar-refractivity contribution in [2.24, 2.45) is 0 Å². The Morgan fingerprint density at radius 3 is 2.50 bits per heavy atom. The van der Waals surface area contributed by atoms with Gasteiger partial charge in [-0.3, -0.25) is 0 Å².